The van der Waals surface area contributed by atoms with Gasteiger partial charge >= 0.3 is 6.18 Å². The fourth-order valence-electron chi connectivity index (χ4n) is 4.93. The summed E-state index contributed by atoms with van der Waals surface area (Å²) in [4.78, 5) is 17.6. The maximum atomic E-state index is 13.4. The molecule has 3 aromatic rings. The van der Waals surface area contributed by atoms with Crippen LogP contribution in [0.25, 0.3) is 0 Å². The van der Waals surface area contributed by atoms with Crippen molar-refractivity contribution in [3.8, 4) is 0 Å². The van der Waals surface area contributed by atoms with Crippen molar-refractivity contribution in [3.05, 3.63) is 82.8 Å². The van der Waals surface area contributed by atoms with Crippen molar-refractivity contribution in [1.29, 1.82) is 0 Å². The van der Waals surface area contributed by atoms with Gasteiger partial charge in [-0.3, -0.25) is 4.79 Å². The van der Waals surface area contributed by atoms with E-state index in [-0.39, 0.29) is 24.9 Å². The molecule has 1 aromatic heterocycles. The molecule has 1 saturated heterocycles. The number of anilines is 2. The number of nitrogens with zero attached hydrogens (tertiary/aromatic N) is 2. The smallest absolute Gasteiger partial charge is 0.416 e. The number of hydrogen-bond acceptors (Lipinski definition) is 4. The molecule has 0 unspecified atom stereocenters. The van der Waals surface area contributed by atoms with Crippen molar-refractivity contribution in [2.75, 3.05) is 29.4 Å². The highest BCUT2D eigenvalue weighted by Gasteiger charge is 2.42. The molecule has 9 heteroatoms. The van der Waals surface area contributed by atoms with Crippen LogP contribution >= 0.6 is 11.6 Å². The molecule has 0 aliphatic carbocycles. The average molecular weight is 490 g/mol. The third kappa shape index (κ3) is 4.46. The molecule has 0 saturated carbocycles. The monoisotopic (exact) mass is 489 g/mol. The number of piperazine rings is 1. The number of amides is 1. The van der Waals surface area contributed by atoms with Crippen LogP contribution in [0.5, 0.6) is 0 Å². The van der Waals surface area contributed by atoms with Gasteiger partial charge in [-0.25, -0.2) is 0 Å². The molecule has 178 valence electrons. The largest absolute Gasteiger partial charge is 0.467 e. The zero-order valence-corrected chi connectivity index (χ0v) is 18.9. The Morgan fingerprint density at radius 1 is 1.12 bits per heavy atom. The second kappa shape index (κ2) is 8.91. The van der Waals surface area contributed by atoms with Gasteiger partial charge in [0.2, 0.25) is 5.91 Å². The number of halogens is 4. The minimum Gasteiger partial charge on any atom is -0.467 e. The number of fused-ring (bicyclic) bond motifs is 3. The Labute approximate surface area is 200 Å². The minimum atomic E-state index is -4.44. The highest BCUT2D eigenvalue weighted by Crippen LogP contribution is 2.40. The van der Waals surface area contributed by atoms with E-state index >= 15 is 0 Å². The number of alkyl halides is 3. The number of hydrogen-bond donors (Lipinski definition) is 1. The molecular weight excluding hydrogens is 467 g/mol. The number of carbonyl (C=O) groups is 1. The maximum Gasteiger partial charge on any atom is 0.416 e. The number of benzene rings is 2. The maximum absolute atomic E-state index is 13.4. The highest BCUT2D eigenvalue weighted by molar-refractivity contribution is 6.30. The van der Waals surface area contributed by atoms with Crippen molar-refractivity contribution >= 4 is 28.9 Å². The zero-order valence-electron chi connectivity index (χ0n) is 18.2. The first kappa shape index (κ1) is 22.7. The van der Waals surface area contributed by atoms with E-state index in [9.17, 15) is 18.0 Å². The van der Waals surface area contributed by atoms with E-state index < -0.39 is 17.7 Å². The Balaban J connectivity index is 1.45. The van der Waals surface area contributed by atoms with E-state index in [0.717, 1.165) is 17.4 Å². The second-order valence-electron chi connectivity index (χ2n) is 8.64. The van der Waals surface area contributed by atoms with Gasteiger partial charge in [0.05, 0.1) is 30.3 Å². The normalized spacial score (nSPS) is 20.0. The van der Waals surface area contributed by atoms with Crippen LogP contribution in [0.15, 0.2) is 65.3 Å². The summed E-state index contributed by atoms with van der Waals surface area (Å²) in [5.74, 6) is -0.111. The van der Waals surface area contributed by atoms with Crippen LogP contribution in [0.1, 0.15) is 16.9 Å². The molecule has 1 fully saturated rings. The Morgan fingerprint density at radius 2 is 1.97 bits per heavy atom. The van der Waals surface area contributed by atoms with E-state index in [2.05, 4.69) is 15.1 Å². The predicted octanol–water partition coefficient (Wildman–Crippen LogP) is 5.14. The second-order valence-corrected chi connectivity index (χ2v) is 9.07. The summed E-state index contributed by atoms with van der Waals surface area (Å²) in [7, 11) is 0. The van der Waals surface area contributed by atoms with Gasteiger partial charge in [-0.15, -0.1) is 0 Å². The molecular formula is C25H23ClF3N3O2. The van der Waals surface area contributed by atoms with Gasteiger partial charge in [0, 0.05) is 36.0 Å². The Bertz CT molecular complexity index is 1180. The number of nitrogens with one attached hydrogen (secondary N) is 1. The molecule has 2 aliphatic heterocycles. The van der Waals surface area contributed by atoms with E-state index in [0.29, 0.717) is 36.0 Å². The molecule has 0 radical (unpaired) electrons. The molecule has 0 spiro atoms. The molecule has 0 bridgehead atoms. The standard InChI is InChI=1S/C25H23ClF3N3O2/c26-18-3-1-4-19(13-18)31-8-9-32-22-7-6-17(25(27,28)29)11-16(22)12-21(23(32)15-31)24(33)30-14-20-5-2-10-34-20/h1-7,10-11,13,21,23H,8-9,12,14-15H2,(H,30,33)/t21-,23+/m0/s1. The van der Waals surface area contributed by atoms with Crippen molar-refractivity contribution in [3.63, 3.8) is 0 Å². The molecule has 1 N–H and O–H groups in total. The van der Waals surface area contributed by atoms with E-state index in [1.807, 2.05) is 18.2 Å². The van der Waals surface area contributed by atoms with Gasteiger partial charge in [-0.2, -0.15) is 13.2 Å². The molecule has 5 nitrogen and oxygen atoms in total. The topological polar surface area (TPSA) is 48.7 Å². The zero-order chi connectivity index (χ0) is 23.9. The molecule has 3 heterocycles. The Hall–Kier alpha value is -3.13. The van der Waals surface area contributed by atoms with Crippen LogP contribution in [0, 0.1) is 5.92 Å². The molecule has 2 aromatic carbocycles. The molecule has 34 heavy (non-hydrogen) atoms. The first-order valence-electron chi connectivity index (χ1n) is 11.1. The van der Waals surface area contributed by atoms with Gasteiger partial charge in [0.25, 0.3) is 0 Å². The molecule has 2 atom stereocenters. The Morgan fingerprint density at radius 3 is 2.71 bits per heavy atom. The lowest BCUT2D eigenvalue weighted by atomic mass is 9.82. The summed E-state index contributed by atoms with van der Waals surface area (Å²) >= 11 is 6.19. The summed E-state index contributed by atoms with van der Waals surface area (Å²) in [6.07, 6.45) is -2.68. The van der Waals surface area contributed by atoms with Crippen LogP contribution in [-0.2, 0) is 23.9 Å². The van der Waals surface area contributed by atoms with E-state index in [1.54, 1.807) is 18.2 Å². The summed E-state index contributed by atoms with van der Waals surface area (Å²) in [6, 6.07) is 14.7. The number of furan rings is 1. The van der Waals surface area contributed by atoms with Crippen LogP contribution in [0.3, 0.4) is 0 Å². The van der Waals surface area contributed by atoms with Crippen molar-refractivity contribution in [1.82, 2.24) is 5.32 Å². The van der Waals surface area contributed by atoms with Gasteiger partial charge < -0.3 is 19.5 Å². The molecule has 2 aliphatic rings. The number of rotatable bonds is 4. The van der Waals surface area contributed by atoms with E-state index in [4.69, 9.17) is 16.0 Å². The summed E-state index contributed by atoms with van der Waals surface area (Å²) < 4.78 is 45.4. The summed E-state index contributed by atoms with van der Waals surface area (Å²) in [5.41, 5.74) is 1.57. The van der Waals surface area contributed by atoms with Crippen molar-refractivity contribution < 1.29 is 22.4 Å². The summed E-state index contributed by atoms with van der Waals surface area (Å²) in [5, 5.41) is 3.53. The fraction of sp³-hybridized carbons (Fsp3) is 0.320. The lowest BCUT2D eigenvalue weighted by Crippen LogP contribution is -2.61. The van der Waals surface area contributed by atoms with Gasteiger partial charge in [0.15, 0.2) is 0 Å². The lowest BCUT2D eigenvalue weighted by Gasteiger charge is -2.49. The molecule has 1 amide bonds. The van der Waals surface area contributed by atoms with Gasteiger partial charge in [-0.05, 0) is 60.5 Å². The quantitative estimate of drug-likeness (QED) is 0.551. The van der Waals surface area contributed by atoms with E-state index in [1.165, 1.54) is 18.4 Å². The van der Waals surface area contributed by atoms with Crippen LogP contribution in [0.4, 0.5) is 24.5 Å². The minimum absolute atomic E-state index is 0.200. The molecule has 5 rings (SSSR count). The first-order chi connectivity index (χ1) is 16.3. The first-order valence-corrected chi connectivity index (χ1v) is 11.4. The predicted molar refractivity (Wildman–Crippen MR) is 124 cm³/mol. The SMILES string of the molecule is O=C(NCc1ccco1)[C@H]1Cc2cc(C(F)(F)F)ccc2N2CCN(c3cccc(Cl)c3)C[C@H]12. The lowest BCUT2D eigenvalue weighted by molar-refractivity contribution is -0.137. The Kier molecular flexibility index (Phi) is 5.93. The van der Waals surface area contributed by atoms with Crippen molar-refractivity contribution in [2.45, 2.75) is 25.2 Å². The van der Waals surface area contributed by atoms with Crippen LogP contribution < -0.4 is 15.1 Å². The fourth-order valence-corrected chi connectivity index (χ4v) is 5.11. The summed E-state index contributed by atoms with van der Waals surface area (Å²) in [6.45, 7) is 2.03. The van der Waals surface area contributed by atoms with Crippen LogP contribution in [0.2, 0.25) is 5.02 Å². The average Bonchev–Trinajstić information content (AvgIpc) is 3.34. The van der Waals surface area contributed by atoms with Crippen molar-refractivity contribution in [2.24, 2.45) is 5.92 Å². The third-order valence-corrected chi connectivity index (χ3v) is 6.80. The number of carbonyl (C=O) groups excluding carboxylic acids is 1. The third-order valence-electron chi connectivity index (χ3n) is 6.57. The van der Waals surface area contributed by atoms with Gasteiger partial charge in [-0.1, -0.05) is 17.7 Å². The van der Waals surface area contributed by atoms with Crippen LogP contribution in [-0.4, -0.2) is 31.6 Å². The van der Waals surface area contributed by atoms with Gasteiger partial charge in [0.1, 0.15) is 5.76 Å². The highest BCUT2D eigenvalue weighted by atomic mass is 35.5.